The molecule has 1 nitrogen and oxygen atoms in total. The van der Waals surface area contributed by atoms with Gasteiger partial charge in [-0.3, -0.25) is 0 Å². The summed E-state index contributed by atoms with van der Waals surface area (Å²) in [4.78, 5) is 0. The number of alkyl halides is 1. The molecule has 0 aromatic rings. The van der Waals surface area contributed by atoms with Crippen molar-refractivity contribution in [3.63, 3.8) is 0 Å². The van der Waals surface area contributed by atoms with Gasteiger partial charge in [-0.1, -0.05) is 87.6 Å². The molecule has 2 heteroatoms. The van der Waals surface area contributed by atoms with Gasteiger partial charge in [0.2, 0.25) is 0 Å². The van der Waals surface area contributed by atoms with Crippen LogP contribution in [0.25, 0.3) is 0 Å². The highest BCUT2D eigenvalue weighted by molar-refractivity contribution is 14.1. The molecule has 0 spiro atoms. The molecular formula is C28H47IO. The third-order valence-corrected chi connectivity index (χ3v) is 11.6. The molecule has 0 amide bonds. The lowest BCUT2D eigenvalue weighted by atomic mass is 9.46. The first kappa shape index (κ1) is 23.6. The monoisotopic (exact) mass is 526 g/mol. The molecule has 30 heavy (non-hydrogen) atoms. The number of allylic oxidation sites excluding steroid dienone is 1. The Hall–Kier alpha value is 0.430. The summed E-state index contributed by atoms with van der Waals surface area (Å²) < 4.78 is 1.18. The van der Waals surface area contributed by atoms with Gasteiger partial charge in [-0.05, 0) is 97.7 Å². The van der Waals surface area contributed by atoms with Crippen molar-refractivity contribution in [1.29, 1.82) is 0 Å². The Balaban J connectivity index is 1.55. The van der Waals surface area contributed by atoms with E-state index in [1.807, 2.05) is 0 Å². The van der Waals surface area contributed by atoms with E-state index in [1.165, 1.54) is 62.2 Å². The van der Waals surface area contributed by atoms with Crippen LogP contribution in [0.3, 0.4) is 0 Å². The summed E-state index contributed by atoms with van der Waals surface area (Å²) in [5.74, 6) is 5.42. The van der Waals surface area contributed by atoms with Crippen molar-refractivity contribution in [2.45, 2.75) is 111 Å². The highest BCUT2D eigenvalue weighted by Crippen LogP contribution is 2.68. The maximum atomic E-state index is 10.4. The molecule has 1 N–H and O–H groups in total. The first-order valence-electron chi connectivity index (χ1n) is 13.2. The third-order valence-electron chi connectivity index (χ3n) is 10.7. The van der Waals surface area contributed by atoms with E-state index in [1.54, 1.807) is 11.1 Å². The predicted molar refractivity (Wildman–Crippen MR) is 137 cm³/mol. The molecule has 0 bridgehead atoms. The van der Waals surface area contributed by atoms with E-state index in [9.17, 15) is 5.11 Å². The van der Waals surface area contributed by atoms with Crippen molar-refractivity contribution < 1.29 is 5.11 Å². The molecule has 172 valence electrons. The Kier molecular flexibility index (Phi) is 7.07. The lowest BCUT2D eigenvalue weighted by Crippen LogP contribution is -2.51. The minimum Gasteiger partial charge on any atom is -0.393 e. The molecule has 3 saturated carbocycles. The number of aliphatic hydroxyl groups excluding tert-OH is 1. The predicted octanol–water partition coefficient (Wildman–Crippen LogP) is 8.19. The Morgan fingerprint density at radius 2 is 1.73 bits per heavy atom. The van der Waals surface area contributed by atoms with E-state index in [0.29, 0.717) is 10.8 Å². The van der Waals surface area contributed by atoms with E-state index < -0.39 is 0 Å². The Bertz CT molecular complexity index is 653. The van der Waals surface area contributed by atoms with E-state index in [0.717, 1.165) is 48.3 Å². The van der Waals surface area contributed by atoms with Crippen LogP contribution in [0.5, 0.6) is 0 Å². The van der Waals surface area contributed by atoms with Gasteiger partial charge in [0.1, 0.15) is 0 Å². The fourth-order valence-corrected chi connectivity index (χ4v) is 9.85. The summed E-state index contributed by atoms with van der Waals surface area (Å²) in [5, 5.41) is 10.4. The van der Waals surface area contributed by atoms with Crippen LogP contribution in [0.1, 0.15) is 105 Å². The minimum atomic E-state index is -0.0843. The summed E-state index contributed by atoms with van der Waals surface area (Å²) in [6.45, 7) is 12.6. The first-order valence-corrected chi connectivity index (χ1v) is 14.7. The van der Waals surface area contributed by atoms with Gasteiger partial charge in [0.05, 0.1) is 6.10 Å². The summed E-state index contributed by atoms with van der Waals surface area (Å²) >= 11 is 2.61. The first-order chi connectivity index (χ1) is 14.2. The number of aliphatic hydroxyl groups is 1. The van der Waals surface area contributed by atoms with Gasteiger partial charge in [0.25, 0.3) is 0 Å². The molecule has 4 aliphatic rings. The fourth-order valence-electron chi connectivity index (χ4n) is 9.08. The summed E-state index contributed by atoms with van der Waals surface area (Å²) in [5.41, 5.74) is 4.38. The minimum absolute atomic E-state index is 0.0843. The maximum Gasteiger partial charge on any atom is 0.0578 e. The molecule has 0 unspecified atom stereocenters. The highest BCUT2D eigenvalue weighted by atomic mass is 127. The van der Waals surface area contributed by atoms with Crippen molar-refractivity contribution in [2.75, 3.05) is 4.43 Å². The summed E-state index contributed by atoms with van der Waals surface area (Å²) in [7, 11) is 0. The van der Waals surface area contributed by atoms with Crippen LogP contribution in [0.15, 0.2) is 11.1 Å². The molecule has 0 heterocycles. The number of halogens is 1. The Morgan fingerprint density at radius 1 is 0.967 bits per heavy atom. The van der Waals surface area contributed by atoms with E-state index in [-0.39, 0.29) is 6.10 Å². The van der Waals surface area contributed by atoms with Gasteiger partial charge in [-0.15, -0.1) is 0 Å². The van der Waals surface area contributed by atoms with Crippen LogP contribution < -0.4 is 0 Å². The largest absolute Gasteiger partial charge is 0.393 e. The maximum absolute atomic E-state index is 10.4. The van der Waals surface area contributed by atoms with E-state index in [2.05, 4.69) is 57.2 Å². The van der Waals surface area contributed by atoms with E-state index in [4.69, 9.17) is 0 Å². The van der Waals surface area contributed by atoms with Crippen molar-refractivity contribution >= 4 is 22.6 Å². The van der Waals surface area contributed by atoms with Crippen molar-refractivity contribution in [3.05, 3.63) is 11.1 Å². The van der Waals surface area contributed by atoms with Crippen LogP contribution in [0.4, 0.5) is 0 Å². The van der Waals surface area contributed by atoms with Crippen molar-refractivity contribution in [1.82, 2.24) is 0 Å². The Labute approximate surface area is 200 Å². The molecule has 0 aromatic heterocycles. The smallest absolute Gasteiger partial charge is 0.0578 e. The SMILES string of the molecule is CC(C)CCC[C@@H](C)[C@H]1CC[C@H]2[C@@H]3CC(CI)=C4C[C@@H](O)CC[C@]4(C)[C@H]3CC[C@]12C. The topological polar surface area (TPSA) is 20.2 Å². The van der Waals surface area contributed by atoms with Crippen LogP contribution in [0, 0.1) is 46.3 Å². The molecule has 3 fully saturated rings. The number of fused-ring (bicyclic) bond motifs is 5. The van der Waals surface area contributed by atoms with Crippen molar-refractivity contribution in [3.8, 4) is 0 Å². The average molecular weight is 527 g/mol. The second-order valence-electron chi connectivity index (χ2n) is 12.6. The third kappa shape index (κ3) is 3.97. The molecule has 4 aliphatic carbocycles. The van der Waals surface area contributed by atoms with Gasteiger partial charge in [-0.25, -0.2) is 0 Å². The van der Waals surface area contributed by atoms with Gasteiger partial charge < -0.3 is 5.11 Å². The van der Waals surface area contributed by atoms with E-state index >= 15 is 0 Å². The fraction of sp³-hybridized carbons (Fsp3) is 0.929. The van der Waals surface area contributed by atoms with Crippen LogP contribution >= 0.6 is 22.6 Å². The van der Waals surface area contributed by atoms with Crippen LogP contribution in [-0.4, -0.2) is 15.6 Å². The zero-order valence-corrected chi connectivity index (χ0v) is 22.5. The summed E-state index contributed by atoms with van der Waals surface area (Å²) in [6.07, 6.45) is 14.6. The Morgan fingerprint density at radius 3 is 2.43 bits per heavy atom. The molecule has 0 radical (unpaired) electrons. The lowest BCUT2D eigenvalue weighted by molar-refractivity contribution is -0.0594. The van der Waals surface area contributed by atoms with Gasteiger partial charge in [-0.2, -0.15) is 0 Å². The normalized spacial score (nSPS) is 44.6. The van der Waals surface area contributed by atoms with Crippen LogP contribution in [-0.2, 0) is 0 Å². The molecule has 4 rings (SSSR count). The average Bonchev–Trinajstić information content (AvgIpc) is 3.05. The second-order valence-corrected chi connectivity index (χ2v) is 13.4. The molecule has 0 aromatic carbocycles. The quantitative estimate of drug-likeness (QED) is 0.210. The van der Waals surface area contributed by atoms with Gasteiger partial charge >= 0.3 is 0 Å². The number of hydrogen-bond acceptors (Lipinski definition) is 1. The second kappa shape index (κ2) is 8.99. The molecule has 8 atom stereocenters. The van der Waals surface area contributed by atoms with Gasteiger partial charge in [0, 0.05) is 4.43 Å². The molecule has 0 saturated heterocycles. The number of rotatable bonds is 6. The standard InChI is InChI=1S/C28H47IO/c1-18(2)7-6-8-19(3)23-9-10-24-22-15-20(17-29)26-16-21(30)11-13-28(26,5)25(22)12-14-27(23,24)4/h18-19,21-25,30H,6-17H2,1-5H3/t19-,21+,22+,23-,24+,25+,27-,28-/m1/s1. The lowest BCUT2D eigenvalue weighted by Gasteiger charge is -2.59. The molecule has 0 aliphatic heterocycles. The highest BCUT2D eigenvalue weighted by Gasteiger charge is 2.59. The van der Waals surface area contributed by atoms with Crippen molar-refractivity contribution in [2.24, 2.45) is 46.3 Å². The zero-order chi connectivity index (χ0) is 21.7. The van der Waals surface area contributed by atoms with Crippen LogP contribution in [0.2, 0.25) is 0 Å². The molecular weight excluding hydrogens is 479 g/mol. The zero-order valence-electron chi connectivity index (χ0n) is 20.4. The number of hydrogen-bond donors (Lipinski definition) is 1. The van der Waals surface area contributed by atoms with Gasteiger partial charge in [0.15, 0.2) is 0 Å². The summed E-state index contributed by atoms with van der Waals surface area (Å²) in [6, 6.07) is 0.